The molecule has 0 saturated heterocycles. The first kappa shape index (κ1) is 12.1. The van der Waals surface area contributed by atoms with E-state index in [1.165, 1.54) is 51.4 Å². The van der Waals surface area contributed by atoms with Gasteiger partial charge < -0.3 is 0 Å². The lowest BCUT2D eigenvalue weighted by Crippen LogP contribution is -2.20. The third-order valence-corrected chi connectivity index (χ3v) is 4.18. The molecule has 0 bridgehead atoms. The van der Waals surface area contributed by atoms with E-state index in [0.717, 1.165) is 17.8 Å². The molecular weight excluding hydrogens is 168 g/mol. The van der Waals surface area contributed by atoms with Crippen molar-refractivity contribution in [3.63, 3.8) is 0 Å². The first-order chi connectivity index (χ1) is 6.77. The highest BCUT2D eigenvalue weighted by Gasteiger charge is 2.24. The zero-order valence-corrected chi connectivity index (χ0v) is 10.4. The predicted octanol–water partition coefficient (Wildman–Crippen LogP) is 5.03. The van der Waals surface area contributed by atoms with Gasteiger partial charge in [-0.05, 0) is 30.6 Å². The van der Waals surface area contributed by atoms with Gasteiger partial charge in [-0.3, -0.25) is 0 Å². The number of rotatable bonds is 5. The van der Waals surface area contributed by atoms with Crippen LogP contribution in [0.25, 0.3) is 0 Å². The Kier molecular flexibility index (Phi) is 5.59. The number of hydrogen-bond donors (Lipinski definition) is 0. The molecule has 1 atom stereocenters. The molecule has 0 heteroatoms. The zero-order valence-electron chi connectivity index (χ0n) is 10.4. The van der Waals surface area contributed by atoms with E-state index in [1.54, 1.807) is 0 Å². The van der Waals surface area contributed by atoms with Crippen LogP contribution in [0.4, 0.5) is 0 Å². The summed E-state index contributed by atoms with van der Waals surface area (Å²) in [7, 11) is 0. The van der Waals surface area contributed by atoms with Crippen molar-refractivity contribution in [3.05, 3.63) is 0 Å². The smallest absolute Gasteiger partial charge is 0.0386 e. The van der Waals surface area contributed by atoms with Gasteiger partial charge in [0.25, 0.3) is 0 Å². The van der Waals surface area contributed by atoms with Crippen molar-refractivity contribution < 1.29 is 0 Å². The molecule has 84 valence electrons. The number of unbranched alkanes of at least 4 members (excludes halogenated alkanes) is 1. The van der Waals surface area contributed by atoms with Gasteiger partial charge in [0, 0.05) is 0 Å². The number of hydrogen-bond acceptors (Lipinski definition) is 0. The van der Waals surface area contributed by atoms with Crippen LogP contribution in [-0.4, -0.2) is 0 Å². The SMILES string of the molecule is CCCC[C@H](CC)C1CCC(C)CC1. The Morgan fingerprint density at radius 2 is 1.71 bits per heavy atom. The summed E-state index contributed by atoms with van der Waals surface area (Å²) in [6.07, 6.45) is 11.8. The van der Waals surface area contributed by atoms with Crippen molar-refractivity contribution in [1.29, 1.82) is 0 Å². The van der Waals surface area contributed by atoms with Crippen LogP contribution in [0.15, 0.2) is 0 Å². The second kappa shape index (κ2) is 6.48. The van der Waals surface area contributed by atoms with Gasteiger partial charge in [-0.2, -0.15) is 0 Å². The third-order valence-electron chi connectivity index (χ3n) is 4.18. The molecular formula is C14H28. The van der Waals surface area contributed by atoms with Gasteiger partial charge in [-0.25, -0.2) is 0 Å². The fourth-order valence-corrected chi connectivity index (χ4v) is 3.00. The van der Waals surface area contributed by atoms with Crippen LogP contribution >= 0.6 is 0 Å². The molecule has 0 nitrogen and oxygen atoms in total. The van der Waals surface area contributed by atoms with E-state index in [2.05, 4.69) is 20.8 Å². The van der Waals surface area contributed by atoms with Crippen LogP contribution in [0.5, 0.6) is 0 Å². The molecule has 0 aromatic heterocycles. The lowest BCUT2D eigenvalue weighted by Gasteiger charge is -2.32. The molecule has 14 heavy (non-hydrogen) atoms. The topological polar surface area (TPSA) is 0 Å². The summed E-state index contributed by atoms with van der Waals surface area (Å²) >= 11 is 0. The Morgan fingerprint density at radius 1 is 1.07 bits per heavy atom. The quantitative estimate of drug-likeness (QED) is 0.578. The molecule has 0 unspecified atom stereocenters. The summed E-state index contributed by atoms with van der Waals surface area (Å²) in [5.41, 5.74) is 0. The van der Waals surface area contributed by atoms with Crippen molar-refractivity contribution in [1.82, 2.24) is 0 Å². The van der Waals surface area contributed by atoms with Crippen LogP contribution in [-0.2, 0) is 0 Å². The minimum atomic E-state index is 1.01. The van der Waals surface area contributed by atoms with E-state index in [-0.39, 0.29) is 0 Å². The molecule has 0 aliphatic heterocycles. The van der Waals surface area contributed by atoms with E-state index >= 15 is 0 Å². The van der Waals surface area contributed by atoms with Gasteiger partial charge >= 0.3 is 0 Å². The van der Waals surface area contributed by atoms with Gasteiger partial charge in [0.15, 0.2) is 0 Å². The fraction of sp³-hybridized carbons (Fsp3) is 1.00. The van der Waals surface area contributed by atoms with Crippen LogP contribution < -0.4 is 0 Å². The summed E-state index contributed by atoms with van der Waals surface area (Å²) < 4.78 is 0. The molecule has 1 fully saturated rings. The second-order valence-corrected chi connectivity index (χ2v) is 5.33. The molecule has 1 aliphatic rings. The van der Waals surface area contributed by atoms with Crippen molar-refractivity contribution >= 4 is 0 Å². The van der Waals surface area contributed by atoms with Crippen LogP contribution in [0.1, 0.15) is 72.1 Å². The van der Waals surface area contributed by atoms with Crippen molar-refractivity contribution in [2.75, 3.05) is 0 Å². The maximum Gasteiger partial charge on any atom is -0.0386 e. The summed E-state index contributed by atoms with van der Waals surface area (Å²) in [6.45, 7) is 7.12. The summed E-state index contributed by atoms with van der Waals surface area (Å²) in [4.78, 5) is 0. The van der Waals surface area contributed by atoms with Crippen LogP contribution in [0.2, 0.25) is 0 Å². The lowest BCUT2D eigenvalue weighted by atomic mass is 9.74. The first-order valence-corrected chi connectivity index (χ1v) is 6.77. The molecule has 1 rings (SSSR count). The van der Waals surface area contributed by atoms with E-state index in [4.69, 9.17) is 0 Å². The van der Waals surface area contributed by atoms with Gasteiger partial charge in [0.1, 0.15) is 0 Å². The largest absolute Gasteiger partial charge is 0.0654 e. The van der Waals surface area contributed by atoms with Gasteiger partial charge in [-0.15, -0.1) is 0 Å². The molecule has 0 radical (unpaired) electrons. The van der Waals surface area contributed by atoms with E-state index in [9.17, 15) is 0 Å². The minimum absolute atomic E-state index is 1.01. The molecule has 1 aliphatic carbocycles. The van der Waals surface area contributed by atoms with Crippen molar-refractivity contribution in [2.45, 2.75) is 72.1 Å². The molecule has 0 N–H and O–H groups in total. The minimum Gasteiger partial charge on any atom is -0.0654 e. The van der Waals surface area contributed by atoms with E-state index in [1.807, 2.05) is 0 Å². The van der Waals surface area contributed by atoms with E-state index < -0.39 is 0 Å². The Morgan fingerprint density at radius 3 is 2.21 bits per heavy atom. The zero-order chi connectivity index (χ0) is 10.4. The summed E-state index contributed by atoms with van der Waals surface area (Å²) in [5.74, 6) is 3.13. The fourth-order valence-electron chi connectivity index (χ4n) is 3.00. The van der Waals surface area contributed by atoms with Crippen molar-refractivity contribution in [2.24, 2.45) is 17.8 Å². The van der Waals surface area contributed by atoms with Crippen LogP contribution in [0.3, 0.4) is 0 Å². The maximum atomic E-state index is 2.42. The Bertz CT molecular complexity index is 128. The Hall–Kier alpha value is 0. The molecule has 0 aromatic carbocycles. The normalized spacial score (nSPS) is 30.2. The monoisotopic (exact) mass is 196 g/mol. The van der Waals surface area contributed by atoms with Crippen molar-refractivity contribution in [3.8, 4) is 0 Å². The average Bonchev–Trinajstić information content (AvgIpc) is 2.21. The predicted molar refractivity (Wildman–Crippen MR) is 64.4 cm³/mol. The molecule has 0 aromatic rings. The average molecular weight is 196 g/mol. The Balaban J connectivity index is 2.29. The summed E-state index contributed by atoms with van der Waals surface area (Å²) in [5, 5.41) is 0. The summed E-state index contributed by atoms with van der Waals surface area (Å²) in [6, 6.07) is 0. The molecule has 0 heterocycles. The molecule has 0 spiro atoms. The molecule has 0 amide bonds. The highest BCUT2D eigenvalue weighted by atomic mass is 14.3. The highest BCUT2D eigenvalue weighted by Crippen LogP contribution is 2.36. The second-order valence-electron chi connectivity index (χ2n) is 5.33. The van der Waals surface area contributed by atoms with Gasteiger partial charge in [-0.1, -0.05) is 59.3 Å². The molecule has 1 saturated carbocycles. The first-order valence-electron chi connectivity index (χ1n) is 6.77. The maximum absolute atomic E-state index is 2.42. The van der Waals surface area contributed by atoms with Crippen LogP contribution in [0, 0.1) is 17.8 Å². The third kappa shape index (κ3) is 3.63. The Labute approximate surface area is 90.5 Å². The standard InChI is InChI=1S/C14H28/c1-4-6-7-13(5-2)14-10-8-12(3)9-11-14/h12-14H,4-11H2,1-3H3/t12?,13-,14?/m0/s1. The van der Waals surface area contributed by atoms with Gasteiger partial charge in [0.05, 0.1) is 0 Å². The van der Waals surface area contributed by atoms with Gasteiger partial charge in [0.2, 0.25) is 0 Å². The van der Waals surface area contributed by atoms with E-state index in [0.29, 0.717) is 0 Å². The lowest BCUT2D eigenvalue weighted by molar-refractivity contribution is 0.196. The highest BCUT2D eigenvalue weighted by molar-refractivity contribution is 4.75.